The second kappa shape index (κ2) is 10.8. The van der Waals surface area contributed by atoms with Crippen molar-refractivity contribution in [2.24, 2.45) is 5.41 Å². The number of amides is 2. The quantitative estimate of drug-likeness (QED) is 0.562. The van der Waals surface area contributed by atoms with Gasteiger partial charge in [-0.2, -0.15) is 4.98 Å². The molecule has 2 saturated heterocycles. The number of hydrogen-bond acceptors (Lipinski definition) is 7. The SMILES string of the molecule is COc1cccc(CC(=O)N2CCC3(CCN(C(=O)C=Cc4cnc(OC)nc4OC)C3)CC2)c1. The lowest BCUT2D eigenvalue weighted by molar-refractivity contribution is -0.133. The Morgan fingerprint density at radius 1 is 1.03 bits per heavy atom. The number of nitrogens with zero attached hydrogens (tertiary/aromatic N) is 4. The highest BCUT2D eigenvalue weighted by Crippen LogP contribution is 2.40. The van der Waals surface area contributed by atoms with Crippen LogP contribution in [-0.4, -0.2) is 79.1 Å². The number of hydrogen-bond donors (Lipinski definition) is 0. The number of aromatic nitrogens is 2. The van der Waals surface area contributed by atoms with Crippen LogP contribution in [-0.2, 0) is 16.0 Å². The summed E-state index contributed by atoms with van der Waals surface area (Å²) in [5.74, 6) is 1.20. The first-order valence-electron chi connectivity index (χ1n) is 11.8. The summed E-state index contributed by atoms with van der Waals surface area (Å²) in [6, 6.07) is 7.85. The molecule has 2 aliphatic rings. The third-order valence-electron chi connectivity index (χ3n) is 6.96. The van der Waals surface area contributed by atoms with Crippen molar-refractivity contribution in [3.63, 3.8) is 0 Å². The maximum absolute atomic E-state index is 12.9. The van der Waals surface area contributed by atoms with E-state index in [4.69, 9.17) is 14.2 Å². The number of rotatable bonds is 7. The molecule has 1 spiro atoms. The average Bonchev–Trinajstić information content (AvgIpc) is 3.31. The second-order valence-electron chi connectivity index (χ2n) is 9.07. The number of methoxy groups -OCH3 is 3. The Morgan fingerprint density at radius 2 is 1.77 bits per heavy atom. The fourth-order valence-corrected chi connectivity index (χ4v) is 4.83. The summed E-state index contributed by atoms with van der Waals surface area (Å²) in [6.07, 6.45) is 7.93. The van der Waals surface area contributed by atoms with Crippen molar-refractivity contribution in [2.45, 2.75) is 25.7 Å². The number of piperidine rings is 1. The fourth-order valence-electron chi connectivity index (χ4n) is 4.83. The number of benzene rings is 1. The van der Waals surface area contributed by atoms with E-state index in [-0.39, 0.29) is 23.2 Å². The summed E-state index contributed by atoms with van der Waals surface area (Å²) in [7, 11) is 4.62. The zero-order valence-electron chi connectivity index (χ0n) is 20.5. The van der Waals surface area contributed by atoms with Crippen LogP contribution in [0, 0.1) is 5.41 Å². The number of ether oxygens (including phenoxy) is 3. The van der Waals surface area contributed by atoms with Gasteiger partial charge in [-0.05, 0) is 48.4 Å². The first-order chi connectivity index (χ1) is 16.9. The molecule has 2 amide bonds. The first-order valence-corrected chi connectivity index (χ1v) is 11.8. The number of carbonyl (C=O) groups excluding carboxylic acids is 2. The van der Waals surface area contributed by atoms with Crippen LogP contribution in [0.2, 0.25) is 0 Å². The monoisotopic (exact) mass is 480 g/mol. The van der Waals surface area contributed by atoms with E-state index < -0.39 is 0 Å². The van der Waals surface area contributed by atoms with Gasteiger partial charge in [0.2, 0.25) is 17.7 Å². The summed E-state index contributed by atoms with van der Waals surface area (Å²) in [5.41, 5.74) is 1.65. The van der Waals surface area contributed by atoms with Crippen molar-refractivity contribution in [1.82, 2.24) is 19.8 Å². The van der Waals surface area contributed by atoms with Crippen molar-refractivity contribution in [3.8, 4) is 17.6 Å². The van der Waals surface area contributed by atoms with E-state index >= 15 is 0 Å². The standard InChI is InChI=1S/C26H32N4O5/c1-33-21-6-4-5-19(15-21)16-23(32)29-12-9-26(10-13-29)11-14-30(18-26)22(31)8-7-20-17-27-25(35-3)28-24(20)34-2/h4-8,15,17H,9-14,16,18H2,1-3H3. The maximum atomic E-state index is 12.9. The molecular formula is C26H32N4O5. The molecule has 2 fully saturated rings. The topological polar surface area (TPSA) is 94.1 Å². The average molecular weight is 481 g/mol. The number of carbonyl (C=O) groups is 2. The minimum absolute atomic E-state index is 0.0451. The predicted molar refractivity (Wildman–Crippen MR) is 130 cm³/mol. The van der Waals surface area contributed by atoms with E-state index in [1.54, 1.807) is 25.5 Å². The highest BCUT2D eigenvalue weighted by atomic mass is 16.5. The van der Waals surface area contributed by atoms with Crippen molar-refractivity contribution >= 4 is 17.9 Å². The van der Waals surface area contributed by atoms with Gasteiger partial charge < -0.3 is 24.0 Å². The highest BCUT2D eigenvalue weighted by molar-refractivity contribution is 5.92. The minimum atomic E-state index is -0.0451. The van der Waals surface area contributed by atoms with Gasteiger partial charge in [-0.3, -0.25) is 9.59 Å². The molecule has 2 aromatic rings. The Hall–Kier alpha value is -3.62. The Balaban J connectivity index is 1.30. The van der Waals surface area contributed by atoms with Gasteiger partial charge >= 0.3 is 6.01 Å². The Labute approximate surface area is 205 Å². The first kappa shape index (κ1) is 24.5. The molecule has 9 heteroatoms. The van der Waals surface area contributed by atoms with Gasteiger partial charge in [0, 0.05) is 38.5 Å². The van der Waals surface area contributed by atoms with Crippen molar-refractivity contribution < 1.29 is 23.8 Å². The van der Waals surface area contributed by atoms with Gasteiger partial charge in [0.15, 0.2) is 0 Å². The molecule has 0 radical (unpaired) electrons. The van der Waals surface area contributed by atoms with Crippen LogP contribution in [0.1, 0.15) is 30.4 Å². The van der Waals surface area contributed by atoms with Crippen molar-refractivity contribution in [2.75, 3.05) is 47.5 Å². The molecule has 0 N–H and O–H groups in total. The van der Waals surface area contributed by atoms with Gasteiger partial charge in [0.05, 0.1) is 33.3 Å². The van der Waals surface area contributed by atoms with Crippen LogP contribution in [0.15, 0.2) is 36.5 Å². The smallest absolute Gasteiger partial charge is 0.319 e. The lowest BCUT2D eigenvalue weighted by Gasteiger charge is -2.39. The molecule has 9 nitrogen and oxygen atoms in total. The molecule has 186 valence electrons. The van der Waals surface area contributed by atoms with Gasteiger partial charge in [-0.1, -0.05) is 12.1 Å². The number of likely N-dealkylation sites (tertiary alicyclic amines) is 2. The van der Waals surface area contributed by atoms with Crippen molar-refractivity contribution in [3.05, 3.63) is 47.7 Å². The van der Waals surface area contributed by atoms with Crippen LogP contribution < -0.4 is 14.2 Å². The largest absolute Gasteiger partial charge is 0.497 e. The third-order valence-corrected chi connectivity index (χ3v) is 6.96. The normalized spacial score (nSPS) is 17.1. The van der Waals surface area contributed by atoms with Crippen LogP contribution in [0.25, 0.3) is 6.08 Å². The Morgan fingerprint density at radius 3 is 2.46 bits per heavy atom. The lowest BCUT2D eigenvalue weighted by Crippen LogP contribution is -2.45. The summed E-state index contributed by atoms with van der Waals surface area (Å²) in [6.45, 7) is 2.88. The van der Waals surface area contributed by atoms with Gasteiger partial charge in [0.25, 0.3) is 0 Å². The molecule has 2 aliphatic heterocycles. The predicted octanol–water partition coefficient (Wildman–Crippen LogP) is 2.60. The van der Waals surface area contributed by atoms with E-state index in [9.17, 15) is 9.59 Å². The van der Waals surface area contributed by atoms with E-state index in [1.165, 1.54) is 14.2 Å². The summed E-state index contributed by atoms with van der Waals surface area (Å²) in [5, 5.41) is 0. The molecule has 0 unspecified atom stereocenters. The lowest BCUT2D eigenvalue weighted by atomic mass is 9.77. The molecule has 1 aromatic carbocycles. The van der Waals surface area contributed by atoms with Gasteiger partial charge in [0.1, 0.15) is 5.75 Å². The summed E-state index contributed by atoms with van der Waals surface area (Å²) < 4.78 is 15.5. The Bertz CT molecular complexity index is 1090. The summed E-state index contributed by atoms with van der Waals surface area (Å²) >= 11 is 0. The molecule has 3 heterocycles. The highest BCUT2D eigenvalue weighted by Gasteiger charge is 2.42. The van der Waals surface area contributed by atoms with Crippen molar-refractivity contribution in [1.29, 1.82) is 0 Å². The van der Waals surface area contributed by atoms with Crippen LogP contribution in [0.3, 0.4) is 0 Å². The molecule has 0 aliphatic carbocycles. The van der Waals surface area contributed by atoms with E-state index in [2.05, 4.69) is 9.97 Å². The van der Waals surface area contributed by atoms with E-state index in [0.717, 1.165) is 50.2 Å². The van der Waals surface area contributed by atoms with Gasteiger partial charge in [-0.25, -0.2) is 4.98 Å². The zero-order chi connectivity index (χ0) is 24.8. The molecular weight excluding hydrogens is 448 g/mol. The molecule has 0 atom stereocenters. The Kier molecular flexibility index (Phi) is 7.53. The minimum Gasteiger partial charge on any atom is -0.497 e. The van der Waals surface area contributed by atoms with E-state index in [1.807, 2.05) is 34.1 Å². The fraction of sp³-hybridized carbons (Fsp3) is 0.462. The zero-order valence-corrected chi connectivity index (χ0v) is 20.5. The maximum Gasteiger partial charge on any atom is 0.319 e. The molecule has 4 rings (SSSR count). The van der Waals surface area contributed by atoms with Crippen LogP contribution in [0.5, 0.6) is 17.6 Å². The molecule has 0 saturated carbocycles. The van der Waals surface area contributed by atoms with Gasteiger partial charge in [-0.15, -0.1) is 0 Å². The van der Waals surface area contributed by atoms with E-state index in [0.29, 0.717) is 24.4 Å². The summed E-state index contributed by atoms with van der Waals surface area (Å²) in [4.78, 5) is 37.7. The van der Waals surface area contributed by atoms with Crippen LogP contribution >= 0.6 is 0 Å². The molecule has 1 aromatic heterocycles. The van der Waals surface area contributed by atoms with Crippen LogP contribution in [0.4, 0.5) is 0 Å². The second-order valence-corrected chi connectivity index (χ2v) is 9.07. The molecule has 35 heavy (non-hydrogen) atoms. The molecule has 0 bridgehead atoms. The third kappa shape index (κ3) is 5.72.